The lowest BCUT2D eigenvalue weighted by Crippen LogP contribution is -2.55. The molecule has 7 aromatic rings. The molecule has 0 atom stereocenters. The summed E-state index contributed by atoms with van der Waals surface area (Å²) in [5.41, 5.74) is 18.1. The van der Waals surface area contributed by atoms with Gasteiger partial charge in [-0.2, -0.15) is 0 Å². The second-order valence-electron chi connectivity index (χ2n) is 18.2. The van der Waals surface area contributed by atoms with Crippen molar-refractivity contribution in [3.8, 4) is 5.69 Å². The van der Waals surface area contributed by atoms with Crippen LogP contribution < -0.4 is 26.4 Å². The average molecular weight is 705 g/mol. The van der Waals surface area contributed by atoms with Crippen molar-refractivity contribution in [2.24, 2.45) is 0 Å². The van der Waals surface area contributed by atoms with Crippen molar-refractivity contribution in [3.63, 3.8) is 0 Å². The maximum Gasteiger partial charge on any atom is 0.294 e. The monoisotopic (exact) mass is 704 g/mol. The largest absolute Gasteiger partial charge is 0.311 e. The number of fused-ring (bicyclic) bond motifs is 7. The van der Waals surface area contributed by atoms with Crippen LogP contribution in [-0.4, -0.2) is 16.3 Å². The van der Waals surface area contributed by atoms with E-state index < -0.39 is 0 Å². The molecule has 0 fully saturated rings. The van der Waals surface area contributed by atoms with E-state index in [1.54, 1.807) is 0 Å². The highest BCUT2D eigenvalue weighted by Gasteiger charge is 2.46. The minimum atomic E-state index is -0.0557. The molecule has 0 bridgehead atoms. The Morgan fingerprint density at radius 3 is 1.63 bits per heavy atom. The summed E-state index contributed by atoms with van der Waals surface area (Å²) in [6, 6.07) is 49.7. The summed E-state index contributed by atoms with van der Waals surface area (Å²) >= 11 is 0. The van der Waals surface area contributed by atoms with Crippen molar-refractivity contribution in [1.82, 2.24) is 9.55 Å². The molecule has 0 N–H and O–H groups in total. The van der Waals surface area contributed by atoms with Gasteiger partial charge in [0.15, 0.2) is 0 Å². The number of anilines is 6. The highest BCUT2D eigenvalue weighted by atomic mass is 15.2. The van der Waals surface area contributed by atoms with Crippen molar-refractivity contribution in [2.45, 2.75) is 78.6 Å². The molecule has 1 aromatic heterocycles. The summed E-state index contributed by atoms with van der Waals surface area (Å²) in [5, 5.41) is 0. The first-order valence-electron chi connectivity index (χ1n) is 19.3. The van der Waals surface area contributed by atoms with Gasteiger partial charge in [0.2, 0.25) is 0 Å². The summed E-state index contributed by atoms with van der Waals surface area (Å²) in [7, 11) is 0. The zero-order valence-corrected chi connectivity index (χ0v) is 33.1. The van der Waals surface area contributed by atoms with Crippen molar-refractivity contribution in [2.75, 3.05) is 9.80 Å². The SMILES string of the molecule is CC(C)(C)c1ccc(N(c2ccc(C(C)(C)C)cc2)c2ccc3c(c2)N(c2ccccc2)c2cc(C(C)(C)C)cc4c2B3c2nc3ccccc3n2-4)cc1. The molecule has 0 saturated carbocycles. The van der Waals surface area contributed by atoms with E-state index in [4.69, 9.17) is 4.98 Å². The van der Waals surface area contributed by atoms with Crippen LogP contribution >= 0.6 is 0 Å². The van der Waals surface area contributed by atoms with Crippen LogP contribution in [0.1, 0.15) is 79.0 Å². The molecule has 268 valence electrons. The van der Waals surface area contributed by atoms with Gasteiger partial charge in [-0.3, -0.25) is 0 Å². The number of para-hydroxylation sites is 3. The quantitative estimate of drug-likeness (QED) is 0.171. The third-order valence-corrected chi connectivity index (χ3v) is 11.4. The molecule has 2 aliphatic heterocycles. The highest BCUT2D eigenvalue weighted by Crippen LogP contribution is 2.45. The van der Waals surface area contributed by atoms with Crippen LogP contribution in [0.15, 0.2) is 133 Å². The van der Waals surface area contributed by atoms with E-state index in [0.717, 1.165) is 39.5 Å². The Labute approximate surface area is 321 Å². The van der Waals surface area contributed by atoms with Crippen molar-refractivity contribution in [3.05, 3.63) is 150 Å². The second-order valence-corrected chi connectivity index (χ2v) is 18.2. The Bertz CT molecular complexity index is 2490. The molecule has 6 aromatic carbocycles. The number of benzene rings is 6. The van der Waals surface area contributed by atoms with Crippen LogP contribution in [0.4, 0.5) is 34.1 Å². The fraction of sp³-hybridized carbons (Fsp3) is 0.245. The molecule has 0 saturated heterocycles. The van der Waals surface area contributed by atoms with E-state index in [0.29, 0.717) is 0 Å². The molecule has 54 heavy (non-hydrogen) atoms. The molecule has 0 aliphatic carbocycles. The predicted octanol–water partition coefficient (Wildman–Crippen LogP) is 11.0. The molecule has 3 heterocycles. The van der Waals surface area contributed by atoms with Crippen LogP contribution in [-0.2, 0) is 16.2 Å². The minimum absolute atomic E-state index is 0.00557. The molecule has 2 aliphatic rings. The maximum atomic E-state index is 5.37. The standard InChI is InChI=1S/C49H49BN4/c1-47(2,3)32-19-23-36(24-20-32)52(37-25-21-33(22-26-37)48(4,5)6)38-27-28-39-42(31-38)53(35-15-11-10-12-16-35)43-29-34(49(7,8)9)30-44-45(43)50(39)46-51-40-17-13-14-18-41(40)54(44)46/h10-31H,1-9H3. The van der Waals surface area contributed by atoms with Crippen LogP contribution in [0.25, 0.3) is 16.7 Å². The number of rotatable bonds is 4. The van der Waals surface area contributed by atoms with Gasteiger partial charge in [0.1, 0.15) is 0 Å². The van der Waals surface area contributed by atoms with Crippen LogP contribution in [0.2, 0.25) is 0 Å². The fourth-order valence-electron chi connectivity index (χ4n) is 8.40. The molecule has 5 heteroatoms. The third-order valence-electron chi connectivity index (χ3n) is 11.4. The Balaban J connectivity index is 1.31. The third kappa shape index (κ3) is 5.47. The normalized spacial score (nSPS) is 13.6. The smallest absolute Gasteiger partial charge is 0.294 e. The average Bonchev–Trinajstić information content (AvgIpc) is 3.67. The van der Waals surface area contributed by atoms with Gasteiger partial charge in [-0.1, -0.05) is 123 Å². The van der Waals surface area contributed by atoms with Gasteiger partial charge >= 0.3 is 0 Å². The molecule has 0 radical (unpaired) electrons. The number of imidazole rings is 1. The van der Waals surface area contributed by atoms with Crippen LogP contribution in [0.3, 0.4) is 0 Å². The summed E-state index contributed by atoms with van der Waals surface area (Å²) in [5.74, 6) is 0. The number of hydrogen-bond donors (Lipinski definition) is 0. The van der Waals surface area contributed by atoms with E-state index in [2.05, 4.69) is 210 Å². The summed E-state index contributed by atoms with van der Waals surface area (Å²) in [6.45, 7) is 20.6. The van der Waals surface area contributed by atoms with Crippen LogP contribution in [0, 0.1) is 0 Å². The second kappa shape index (κ2) is 12.0. The molecular formula is C49H49BN4. The van der Waals surface area contributed by atoms with Gasteiger partial charge in [0.25, 0.3) is 6.71 Å². The van der Waals surface area contributed by atoms with E-state index in [1.165, 1.54) is 44.7 Å². The molecule has 0 unspecified atom stereocenters. The summed E-state index contributed by atoms with van der Waals surface area (Å²) < 4.78 is 2.43. The Morgan fingerprint density at radius 1 is 0.500 bits per heavy atom. The Morgan fingerprint density at radius 2 is 1.04 bits per heavy atom. The lowest BCUT2D eigenvalue weighted by atomic mass is 9.39. The van der Waals surface area contributed by atoms with Gasteiger partial charge in [0.05, 0.1) is 16.8 Å². The van der Waals surface area contributed by atoms with Gasteiger partial charge in [-0.05, 0) is 117 Å². The molecule has 0 spiro atoms. The number of hydrogen-bond acceptors (Lipinski definition) is 3. The maximum absolute atomic E-state index is 5.37. The zero-order valence-electron chi connectivity index (χ0n) is 33.1. The first kappa shape index (κ1) is 34.2. The van der Waals surface area contributed by atoms with E-state index >= 15 is 0 Å². The topological polar surface area (TPSA) is 24.3 Å². The number of nitrogens with zero attached hydrogens (tertiary/aromatic N) is 4. The summed E-state index contributed by atoms with van der Waals surface area (Å²) in [4.78, 5) is 10.3. The molecule has 4 nitrogen and oxygen atoms in total. The Kier molecular flexibility index (Phi) is 7.60. The molecular weight excluding hydrogens is 655 g/mol. The van der Waals surface area contributed by atoms with Crippen LogP contribution in [0.5, 0.6) is 0 Å². The first-order chi connectivity index (χ1) is 25.7. The van der Waals surface area contributed by atoms with E-state index in [1.807, 2.05) is 0 Å². The number of aromatic nitrogens is 2. The van der Waals surface area contributed by atoms with Gasteiger partial charge < -0.3 is 14.4 Å². The fourth-order valence-corrected chi connectivity index (χ4v) is 8.40. The van der Waals surface area contributed by atoms with Gasteiger partial charge in [-0.15, -0.1) is 0 Å². The van der Waals surface area contributed by atoms with Gasteiger partial charge in [-0.25, -0.2) is 4.98 Å². The van der Waals surface area contributed by atoms with Crippen molar-refractivity contribution < 1.29 is 0 Å². The van der Waals surface area contributed by atoms with Gasteiger partial charge in [0, 0.05) is 39.8 Å². The minimum Gasteiger partial charge on any atom is -0.311 e. The zero-order chi connectivity index (χ0) is 37.7. The Hall–Kier alpha value is -5.55. The molecule has 9 rings (SSSR count). The lowest BCUT2D eigenvalue weighted by Gasteiger charge is -2.37. The van der Waals surface area contributed by atoms with E-state index in [-0.39, 0.29) is 23.0 Å². The summed E-state index contributed by atoms with van der Waals surface area (Å²) in [6.07, 6.45) is 0. The highest BCUT2D eigenvalue weighted by molar-refractivity contribution is 6.99. The van der Waals surface area contributed by atoms with Crippen molar-refractivity contribution >= 4 is 68.5 Å². The van der Waals surface area contributed by atoms with E-state index in [9.17, 15) is 0 Å². The predicted molar refractivity (Wildman–Crippen MR) is 231 cm³/mol. The molecule has 0 amide bonds. The first-order valence-corrected chi connectivity index (χ1v) is 19.3. The lowest BCUT2D eigenvalue weighted by molar-refractivity contribution is 0.590. The van der Waals surface area contributed by atoms with Crippen molar-refractivity contribution in [1.29, 1.82) is 0 Å².